The number of benzene rings is 1. The van der Waals surface area contributed by atoms with E-state index in [0.29, 0.717) is 18.9 Å². The number of hydrogen-bond acceptors (Lipinski definition) is 4. The standard InChI is InChI=1S/C19H27N3O2/c1-4-21-11-12-22(14(2)13-21)16-7-5-15(6-8-16)19(3)10-9-17(23)20-18(19)24/h5-8,14H,4,9-13H2,1-3H3,(H,20,23,24)/t14-,19+/m0/s1. The second-order valence-electron chi connectivity index (χ2n) is 7.19. The lowest BCUT2D eigenvalue weighted by Gasteiger charge is -2.41. The normalized spacial score (nSPS) is 28.8. The van der Waals surface area contributed by atoms with Crippen molar-refractivity contribution in [1.29, 1.82) is 0 Å². The summed E-state index contributed by atoms with van der Waals surface area (Å²) in [5.74, 6) is -0.354. The van der Waals surface area contributed by atoms with E-state index in [1.54, 1.807) is 0 Å². The van der Waals surface area contributed by atoms with Crippen molar-refractivity contribution in [2.45, 2.75) is 45.1 Å². The lowest BCUT2D eigenvalue weighted by Crippen LogP contribution is -2.52. The highest BCUT2D eigenvalue weighted by molar-refractivity contribution is 6.03. The summed E-state index contributed by atoms with van der Waals surface area (Å²) >= 11 is 0. The van der Waals surface area contributed by atoms with Gasteiger partial charge < -0.3 is 4.90 Å². The lowest BCUT2D eigenvalue weighted by molar-refractivity contribution is -0.137. The molecule has 1 N–H and O–H groups in total. The van der Waals surface area contributed by atoms with Gasteiger partial charge in [-0.15, -0.1) is 0 Å². The minimum absolute atomic E-state index is 0.170. The summed E-state index contributed by atoms with van der Waals surface area (Å²) in [6.45, 7) is 10.7. The molecule has 0 aromatic heterocycles. The lowest BCUT2D eigenvalue weighted by atomic mass is 9.75. The Bertz CT molecular complexity index is 628. The van der Waals surface area contributed by atoms with E-state index in [1.807, 2.05) is 19.1 Å². The Balaban J connectivity index is 1.76. The van der Waals surface area contributed by atoms with Crippen LogP contribution in [0.2, 0.25) is 0 Å². The maximum Gasteiger partial charge on any atom is 0.236 e. The van der Waals surface area contributed by atoms with Crippen LogP contribution >= 0.6 is 0 Å². The molecule has 24 heavy (non-hydrogen) atoms. The van der Waals surface area contributed by atoms with Gasteiger partial charge in [0.1, 0.15) is 0 Å². The number of nitrogens with zero attached hydrogens (tertiary/aromatic N) is 2. The topological polar surface area (TPSA) is 52.6 Å². The Kier molecular flexibility index (Phi) is 4.63. The first-order valence-electron chi connectivity index (χ1n) is 8.88. The van der Waals surface area contributed by atoms with E-state index < -0.39 is 5.41 Å². The van der Waals surface area contributed by atoms with Gasteiger partial charge in [-0.3, -0.25) is 19.8 Å². The second kappa shape index (κ2) is 6.55. The van der Waals surface area contributed by atoms with Crippen LogP contribution in [-0.4, -0.2) is 48.9 Å². The third kappa shape index (κ3) is 3.05. The number of carbonyl (C=O) groups is 2. The van der Waals surface area contributed by atoms with E-state index in [0.717, 1.165) is 31.7 Å². The van der Waals surface area contributed by atoms with E-state index in [2.05, 4.69) is 41.1 Å². The monoisotopic (exact) mass is 329 g/mol. The molecule has 0 bridgehead atoms. The molecule has 2 atom stereocenters. The van der Waals surface area contributed by atoms with Crippen molar-refractivity contribution in [3.63, 3.8) is 0 Å². The number of piperidine rings is 1. The van der Waals surface area contributed by atoms with Crippen LogP contribution in [0.3, 0.4) is 0 Å². The number of amides is 2. The van der Waals surface area contributed by atoms with Crippen molar-refractivity contribution in [3.05, 3.63) is 29.8 Å². The van der Waals surface area contributed by atoms with Crippen molar-refractivity contribution in [2.24, 2.45) is 0 Å². The number of piperazine rings is 1. The summed E-state index contributed by atoms with van der Waals surface area (Å²) in [6, 6.07) is 8.80. The second-order valence-corrected chi connectivity index (χ2v) is 7.19. The van der Waals surface area contributed by atoms with E-state index in [4.69, 9.17) is 0 Å². The van der Waals surface area contributed by atoms with Gasteiger partial charge in [0.25, 0.3) is 0 Å². The molecule has 130 valence electrons. The van der Waals surface area contributed by atoms with Crippen molar-refractivity contribution in [1.82, 2.24) is 10.2 Å². The van der Waals surface area contributed by atoms with Gasteiger partial charge in [0.15, 0.2) is 0 Å². The first-order chi connectivity index (χ1) is 11.4. The number of carbonyl (C=O) groups excluding carboxylic acids is 2. The fourth-order valence-corrected chi connectivity index (χ4v) is 3.80. The van der Waals surface area contributed by atoms with Crippen LogP contribution in [0.5, 0.6) is 0 Å². The highest BCUT2D eigenvalue weighted by atomic mass is 16.2. The SMILES string of the molecule is CCN1CCN(c2ccc([C@@]3(C)CCC(=O)NC3=O)cc2)[C@@H](C)C1. The van der Waals surface area contributed by atoms with Crippen LogP contribution in [0, 0.1) is 0 Å². The van der Waals surface area contributed by atoms with Gasteiger partial charge >= 0.3 is 0 Å². The molecule has 3 rings (SSSR count). The summed E-state index contributed by atoms with van der Waals surface area (Å²) in [7, 11) is 0. The van der Waals surface area contributed by atoms with Gasteiger partial charge in [0.2, 0.25) is 11.8 Å². The van der Waals surface area contributed by atoms with Crippen LogP contribution < -0.4 is 10.2 Å². The van der Waals surface area contributed by atoms with Gasteiger partial charge in [-0.05, 0) is 44.5 Å². The molecule has 0 saturated carbocycles. The predicted octanol–water partition coefficient (Wildman–Crippen LogP) is 1.91. The molecule has 2 aliphatic rings. The molecule has 2 saturated heterocycles. The zero-order valence-corrected chi connectivity index (χ0v) is 14.8. The van der Waals surface area contributed by atoms with Crippen molar-refractivity contribution < 1.29 is 9.59 Å². The maximum atomic E-state index is 12.3. The smallest absolute Gasteiger partial charge is 0.236 e. The van der Waals surface area contributed by atoms with Gasteiger partial charge in [0, 0.05) is 37.8 Å². The van der Waals surface area contributed by atoms with Gasteiger partial charge in [-0.25, -0.2) is 0 Å². The Hall–Kier alpha value is -1.88. The van der Waals surface area contributed by atoms with E-state index in [9.17, 15) is 9.59 Å². The molecule has 0 unspecified atom stereocenters. The summed E-state index contributed by atoms with van der Waals surface area (Å²) < 4.78 is 0. The van der Waals surface area contributed by atoms with E-state index in [-0.39, 0.29) is 11.8 Å². The van der Waals surface area contributed by atoms with E-state index >= 15 is 0 Å². The molecule has 2 aliphatic heterocycles. The van der Waals surface area contributed by atoms with Crippen molar-refractivity contribution in [2.75, 3.05) is 31.1 Å². The third-order valence-corrected chi connectivity index (χ3v) is 5.60. The van der Waals surface area contributed by atoms with Crippen LogP contribution in [0.4, 0.5) is 5.69 Å². The maximum absolute atomic E-state index is 12.3. The molecule has 1 aromatic carbocycles. The van der Waals surface area contributed by atoms with Gasteiger partial charge in [-0.1, -0.05) is 19.1 Å². The Morgan fingerprint density at radius 2 is 1.92 bits per heavy atom. The zero-order chi connectivity index (χ0) is 17.3. The molecule has 2 amide bonds. The highest BCUT2D eigenvalue weighted by Crippen LogP contribution is 2.33. The molecule has 0 radical (unpaired) electrons. The van der Waals surface area contributed by atoms with Crippen LogP contribution in [-0.2, 0) is 15.0 Å². The first-order valence-corrected chi connectivity index (χ1v) is 8.88. The molecule has 1 aromatic rings. The number of anilines is 1. The van der Waals surface area contributed by atoms with Crippen LogP contribution in [0.25, 0.3) is 0 Å². The largest absolute Gasteiger partial charge is 0.366 e. The molecular formula is C19H27N3O2. The molecule has 5 heteroatoms. The van der Waals surface area contributed by atoms with Crippen molar-refractivity contribution >= 4 is 17.5 Å². The number of imide groups is 1. The summed E-state index contributed by atoms with van der Waals surface area (Å²) in [5, 5.41) is 2.47. The fraction of sp³-hybridized carbons (Fsp3) is 0.579. The molecular weight excluding hydrogens is 302 g/mol. The summed E-state index contributed by atoms with van der Waals surface area (Å²) in [6.07, 6.45) is 0.975. The van der Waals surface area contributed by atoms with Crippen LogP contribution in [0.1, 0.15) is 39.2 Å². The Labute approximate surface area is 144 Å². The van der Waals surface area contributed by atoms with E-state index in [1.165, 1.54) is 5.69 Å². The zero-order valence-electron chi connectivity index (χ0n) is 14.8. The van der Waals surface area contributed by atoms with Crippen LogP contribution in [0.15, 0.2) is 24.3 Å². The van der Waals surface area contributed by atoms with Crippen molar-refractivity contribution in [3.8, 4) is 0 Å². The molecule has 2 heterocycles. The fourth-order valence-electron chi connectivity index (χ4n) is 3.80. The van der Waals surface area contributed by atoms with Gasteiger partial charge in [-0.2, -0.15) is 0 Å². The number of likely N-dealkylation sites (N-methyl/N-ethyl adjacent to an activating group) is 1. The molecule has 5 nitrogen and oxygen atoms in total. The Morgan fingerprint density at radius 3 is 2.50 bits per heavy atom. The molecule has 0 spiro atoms. The molecule has 0 aliphatic carbocycles. The number of nitrogens with one attached hydrogen (secondary N) is 1. The Morgan fingerprint density at radius 1 is 1.21 bits per heavy atom. The minimum atomic E-state index is -0.612. The molecule has 2 fully saturated rings. The number of hydrogen-bond donors (Lipinski definition) is 1. The predicted molar refractivity (Wildman–Crippen MR) is 95.1 cm³/mol. The number of rotatable bonds is 3. The summed E-state index contributed by atoms with van der Waals surface area (Å²) in [4.78, 5) is 28.6. The third-order valence-electron chi connectivity index (χ3n) is 5.60. The average molecular weight is 329 g/mol. The highest BCUT2D eigenvalue weighted by Gasteiger charge is 2.39. The minimum Gasteiger partial charge on any atom is -0.366 e. The average Bonchev–Trinajstić information content (AvgIpc) is 2.58. The van der Waals surface area contributed by atoms with Gasteiger partial charge in [0.05, 0.1) is 5.41 Å². The quantitative estimate of drug-likeness (QED) is 0.861. The first kappa shape index (κ1) is 17.0. The summed E-state index contributed by atoms with van der Waals surface area (Å²) in [5.41, 5.74) is 1.58.